The van der Waals surface area contributed by atoms with Gasteiger partial charge in [0.05, 0.1) is 0 Å². The predicted octanol–water partition coefficient (Wildman–Crippen LogP) is 1.13. The monoisotopic (exact) mass is 118 g/mol. The van der Waals surface area contributed by atoms with Crippen molar-refractivity contribution in [2.75, 3.05) is 0 Å². The summed E-state index contributed by atoms with van der Waals surface area (Å²) in [4.78, 5) is 0. The third-order valence-corrected chi connectivity index (χ3v) is 1.64. The highest BCUT2D eigenvalue weighted by molar-refractivity contribution is 6.08. The van der Waals surface area contributed by atoms with Crippen molar-refractivity contribution in [2.45, 2.75) is 13.2 Å². The van der Waals surface area contributed by atoms with Gasteiger partial charge in [-0.1, -0.05) is 36.1 Å². The smallest absolute Gasteiger partial charge is 0.0620 e. The molecule has 0 aromatic heterocycles. The lowest BCUT2D eigenvalue weighted by Crippen LogP contribution is -1.86. The summed E-state index contributed by atoms with van der Waals surface area (Å²) in [6.07, 6.45) is 1.15. The van der Waals surface area contributed by atoms with E-state index in [4.69, 9.17) is 0 Å². The van der Waals surface area contributed by atoms with Gasteiger partial charge in [-0.2, -0.15) is 0 Å². The fourth-order valence-corrected chi connectivity index (χ4v) is 1.01. The van der Waals surface area contributed by atoms with Crippen molar-refractivity contribution < 1.29 is 0 Å². The van der Waals surface area contributed by atoms with Gasteiger partial charge in [0.1, 0.15) is 7.85 Å². The zero-order chi connectivity index (χ0) is 6.69. The van der Waals surface area contributed by atoms with E-state index >= 15 is 0 Å². The molecule has 0 saturated heterocycles. The zero-order valence-electron chi connectivity index (χ0n) is 6.02. The van der Waals surface area contributed by atoms with Crippen LogP contribution < -0.4 is 0 Å². The first-order valence-corrected chi connectivity index (χ1v) is 3.39. The number of hydrogen-bond donors (Lipinski definition) is 0. The summed E-state index contributed by atoms with van der Waals surface area (Å²) in [6.45, 7) is 2.15. The molecule has 9 heavy (non-hydrogen) atoms. The van der Waals surface area contributed by atoms with Crippen LogP contribution in [0.4, 0.5) is 0 Å². The maximum atomic E-state index is 2.18. The Labute approximate surface area is 57.3 Å². The summed E-state index contributed by atoms with van der Waals surface area (Å²) < 4.78 is 0. The van der Waals surface area contributed by atoms with Crippen molar-refractivity contribution in [3.8, 4) is 0 Å². The van der Waals surface area contributed by atoms with Gasteiger partial charge in [-0.15, -0.1) is 0 Å². The first-order chi connectivity index (χ1) is 4.34. The number of benzene rings is 1. The second-order valence-corrected chi connectivity index (χ2v) is 2.28. The second kappa shape index (κ2) is 2.72. The van der Waals surface area contributed by atoms with Gasteiger partial charge in [0.15, 0.2) is 0 Å². The van der Waals surface area contributed by atoms with E-state index in [0.717, 1.165) is 6.32 Å². The molecule has 1 rings (SSSR count). The lowest BCUT2D eigenvalue weighted by molar-refractivity contribution is 1.30. The third-order valence-electron chi connectivity index (χ3n) is 1.64. The Morgan fingerprint density at radius 2 is 2.00 bits per heavy atom. The molecule has 0 aliphatic rings. The Bertz CT molecular complexity index is 194. The molecule has 0 unspecified atom stereocenters. The molecule has 0 heterocycles. The molecule has 1 aromatic rings. The lowest BCUT2D eigenvalue weighted by atomic mass is 9.94. The SMILES string of the molecule is BCc1ccccc1C. The van der Waals surface area contributed by atoms with Crippen LogP contribution in [0.25, 0.3) is 0 Å². The molecule has 0 aliphatic heterocycles. The fourth-order valence-electron chi connectivity index (χ4n) is 1.01. The average Bonchev–Trinajstić information content (AvgIpc) is 1.89. The van der Waals surface area contributed by atoms with E-state index in [0.29, 0.717) is 0 Å². The molecule has 0 saturated carbocycles. The Kier molecular flexibility index (Phi) is 1.94. The minimum Gasteiger partial charge on any atom is -0.0620 e. The van der Waals surface area contributed by atoms with Gasteiger partial charge in [-0.3, -0.25) is 0 Å². The molecule has 0 atom stereocenters. The van der Waals surface area contributed by atoms with Crippen LogP contribution in [0.5, 0.6) is 0 Å². The van der Waals surface area contributed by atoms with Gasteiger partial charge in [0, 0.05) is 0 Å². The highest BCUT2D eigenvalue weighted by atomic mass is 13.9. The van der Waals surface area contributed by atoms with E-state index in [1.54, 1.807) is 0 Å². The van der Waals surface area contributed by atoms with E-state index in [2.05, 4.69) is 39.0 Å². The Hall–Kier alpha value is -0.715. The summed E-state index contributed by atoms with van der Waals surface area (Å²) in [5.41, 5.74) is 2.86. The maximum absolute atomic E-state index is 2.18. The summed E-state index contributed by atoms with van der Waals surface area (Å²) in [5, 5.41) is 0. The summed E-state index contributed by atoms with van der Waals surface area (Å²) in [7, 11) is 2.18. The van der Waals surface area contributed by atoms with Crippen molar-refractivity contribution in [1.29, 1.82) is 0 Å². The van der Waals surface area contributed by atoms with Gasteiger partial charge in [0.25, 0.3) is 0 Å². The van der Waals surface area contributed by atoms with Gasteiger partial charge in [-0.25, -0.2) is 0 Å². The van der Waals surface area contributed by atoms with Crippen LogP contribution in [0, 0.1) is 6.92 Å². The third kappa shape index (κ3) is 1.35. The second-order valence-electron chi connectivity index (χ2n) is 2.28. The van der Waals surface area contributed by atoms with E-state index in [1.165, 1.54) is 11.1 Å². The fraction of sp³-hybridized carbons (Fsp3) is 0.250. The van der Waals surface area contributed by atoms with Crippen molar-refractivity contribution in [3.63, 3.8) is 0 Å². The standard InChI is InChI=1S/C8H11B/c1-7-4-2-3-5-8(7)6-9/h2-5H,6,9H2,1H3. The largest absolute Gasteiger partial charge is 0.107 e. The zero-order valence-corrected chi connectivity index (χ0v) is 6.02. The van der Waals surface area contributed by atoms with Crippen LogP contribution >= 0.6 is 0 Å². The maximum Gasteiger partial charge on any atom is 0.107 e. The topological polar surface area (TPSA) is 0 Å². The van der Waals surface area contributed by atoms with Gasteiger partial charge in [0.2, 0.25) is 0 Å². The first kappa shape index (κ1) is 6.41. The van der Waals surface area contributed by atoms with E-state index < -0.39 is 0 Å². The Balaban J connectivity index is 3.01. The van der Waals surface area contributed by atoms with Crippen molar-refractivity contribution >= 4 is 7.85 Å². The number of rotatable bonds is 1. The van der Waals surface area contributed by atoms with E-state index in [9.17, 15) is 0 Å². The van der Waals surface area contributed by atoms with Crippen LogP contribution in [0.15, 0.2) is 24.3 Å². The normalized spacial score (nSPS) is 9.44. The summed E-state index contributed by atoms with van der Waals surface area (Å²) >= 11 is 0. The molecule has 0 radical (unpaired) electrons. The van der Waals surface area contributed by atoms with Crippen LogP contribution in [0.3, 0.4) is 0 Å². The van der Waals surface area contributed by atoms with Crippen LogP contribution in [-0.4, -0.2) is 7.85 Å². The molecular weight excluding hydrogens is 107 g/mol. The quantitative estimate of drug-likeness (QED) is 0.485. The van der Waals surface area contributed by atoms with Crippen molar-refractivity contribution in [3.05, 3.63) is 35.4 Å². The molecule has 0 aliphatic carbocycles. The van der Waals surface area contributed by atoms with Gasteiger partial charge < -0.3 is 0 Å². The molecule has 0 amide bonds. The molecule has 0 nitrogen and oxygen atoms in total. The minimum absolute atomic E-state index is 1.15. The Morgan fingerprint density at radius 3 is 2.44 bits per heavy atom. The van der Waals surface area contributed by atoms with Crippen LogP contribution in [-0.2, 0) is 6.32 Å². The number of aryl methyl sites for hydroxylation is 1. The predicted molar refractivity (Wildman–Crippen MR) is 43.4 cm³/mol. The highest BCUT2D eigenvalue weighted by Gasteiger charge is 1.89. The van der Waals surface area contributed by atoms with E-state index in [-0.39, 0.29) is 0 Å². The molecule has 1 aromatic carbocycles. The molecule has 0 bridgehead atoms. The van der Waals surface area contributed by atoms with Gasteiger partial charge >= 0.3 is 0 Å². The lowest BCUT2D eigenvalue weighted by Gasteiger charge is -1.98. The van der Waals surface area contributed by atoms with Crippen molar-refractivity contribution in [2.24, 2.45) is 0 Å². The van der Waals surface area contributed by atoms with Crippen LogP contribution in [0.2, 0.25) is 0 Å². The van der Waals surface area contributed by atoms with Crippen molar-refractivity contribution in [1.82, 2.24) is 0 Å². The molecule has 0 spiro atoms. The van der Waals surface area contributed by atoms with E-state index in [1.807, 2.05) is 0 Å². The summed E-state index contributed by atoms with van der Waals surface area (Å²) in [5.74, 6) is 0. The summed E-state index contributed by atoms with van der Waals surface area (Å²) in [6, 6.07) is 8.49. The molecule has 0 N–H and O–H groups in total. The molecular formula is C8H11B. The Morgan fingerprint density at radius 1 is 1.33 bits per heavy atom. The van der Waals surface area contributed by atoms with Crippen LogP contribution in [0.1, 0.15) is 11.1 Å². The first-order valence-electron chi connectivity index (χ1n) is 3.39. The molecule has 1 heteroatoms. The molecule has 46 valence electrons. The average molecular weight is 118 g/mol. The minimum atomic E-state index is 1.15. The highest BCUT2D eigenvalue weighted by Crippen LogP contribution is 2.04. The molecule has 0 fully saturated rings. The number of hydrogen-bond acceptors (Lipinski definition) is 0. The van der Waals surface area contributed by atoms with Gasteiger partial charge in [-0.05, 0) is 12.5 Å².